The van der Waals surface area contributed by atoms with Gasteiger partial charge in [-0.2, -0.15) is 0 Å². The van der Waals surface area contributed by atoms with Gasteiger partial charge in [0.2, 0.25) is 0 Å². The minimum Gasteiger partial charge on any atom is -0.506 e. The molecular weight excluding hydrogens is 222 g/mol. The first-order valence-corrected chi connectivity index (χ1v) is 5.72. The number of carbonyl (C=O) groups is 1. The molecule has 1 aliphatic rings. The van der Waals surface area contributed by atoms with Crippen molar-refractivity contribution in [2.75, 3.05) is 0 Å². The second-order valence-corrected chi connectivity index (χ2v) is 4.37. The van der Waals surface area contributed by atoms with E-state index in [0.717, 1.165) is 19.3 Å². The Morgan fingerprint density at radius 1 is 1.29 bits per heavy atom. The standard InChI is InChI=1S/C12H15NO4/c1-7-10(14)9(12(16)17)8-5-3-2-4-6-13(8)11(7)15/h14H,2-6H2,1H3,(H,16,17). The molecule has 0 fully saturated rings. The van der Waals surface area contributed by atoms with Crippen LogP contribution in [0.3, 0.4) is 0 Å². The number of pyridine rings is 1. The van der Waals surface area contributed by atoms with Crippen LogP contribution in [-0.2, 0) is 13.0 Å². The molecule has 0 aromatic carbocycles. The zero-order valence-electron chi connectivity index (χ0n) is 9.69. The second kappa shape index (κ2) is 4.24. The Morgan fingerprint density at radius 2 is 2.00 bits per heavy atom. The highest BCUT2D eigenvalue weighted by Gasteiger charge is 2.24. The van der Waals surface area contributed by atoms with E-state index in [-0.39, 0.29) is 22.4 Å². The molecule has 0 saturated carbocycles. The predicted octanol–water partition coefficient (Wildman–Crippen LogP) is 1.29. The molecule has 92 valence electrons. The van der Waals surface area contributed by atoms with Gasteiger partial charge < -0.3 is 14.8 Å². The summed E-state index contributed by atoms with van der Waals surface area (Å²) in [6, 6.07) is 0. The Bertz CT molecular complexity index is 530. The van der Waals surface area contributed by atoms with Crippen LogP contribution in [0.25, 0.3) is 0 Å². The van der Waals surface area contributed by atoms with E-state index in [4.69, 9.17) is 5.11 Å². The fraction of sp³-hybridized carbons (Fsp3) is 0.500. The summed E-state index contributed by atoms with van der Waals surface area (Å²) < 4.78 is 1.51. The highest BCUT2D eigenvalue weighted by molar-refractivity contribution is 5.92. The summed E-state index contributed by atoms with van der Waals surface area (Å²) in [5.41, 5.74) is 0.199. The molecule has 17 heavy (non-hydrogen) atoms. The minimum absolute atomic E-state index is 0.107. The zero-order valence-corrected chi connectivity index (χ0v) is 9.69. The van der Waals surface area contributed by atoms with Crippen LogP contribution in [0.2, 0.25) is 0 Å². The summed E-state index contributed by atoms with van der Waals surface area (Å²) >= 11 is 0. The number of hydrogen-bond acceptors (Lipinski definition) is 3. The Labute approximate surface area is 98.3 Å². The van der Waals surface area contributed by atoms with Crippen LogP contribution in [-0.4, -0.2) is 20.7 Å². The SMILES string of the molecule is Cc1c(O)c(C(=O)O)c2n(c1=O)CCCCC2. The number of rotatable bonds is 1. The van der Waals surface area contributed by atoms with E-state index in [1.807, 2.05) is 0 Å². The summed E-state index contributed by atoms with van der Waals surface area (Å²) in [5.74, 6) is -1.55. The molecule has 1 aromatic rings. The molecule has 1 aromatic heterocycles. The largest absolute Gasteiger partial charge is 0.506 e. The second-order valence-electron chi connectivity index (χ2n) is 4.37. The third-order valence-electron chi connectivity index (χ3n) is 3.28. The van der Waals surface area contributed by atoms with Crippen LogP contribution in [0.4, 0.5) is 0 Å². The minimum atomic E-state index is -1.17. The van der Waals surface area contributed by atoms with Gasteiger partial charge in [-0.05, 0) is 26.2 Å². The van der Waals surface area contributed by atoms with Crippen molar-refractivity contribution in [1.82, 2.24) is 4.57 Å². The summed E-state index contributed by atoms with van der Waals surface area (Å²) in [7, 11) is 0. The van der Waals surface area contributed by atoms with E-state index in [1.54, 1.807) is 0 Å². The van der Waals surface area contributed by atoms with Crippen LogP contribution < -0.4 is 5.56 Å². The maximum absolute atomic E-state index is 12.0. The molecule has 2 N–H and O–H groups in total. The van der Waals surface area contributed by atoms with Crippen LogP contribution in [0.1, 0.15) is 40.9 Å². The van der Waals surface area contributed by atoms with Gasteiger partial charge in [-0.3, -0.25) is 4.79 Å². The number of carboxylic acid groups (broad SMARTS) is 1. The molecule has 0 radical (unpaired) electrons. The highest BCUT2D eigenvalue weighted by Crippen LogP contribution is 2.26. The fourth-order valence-electron chi connectivity index (χ4n) is 2.35. The molecule has 0 bridgehead atoms. The predicted molar refractivity (Wildman–Crippen MR) is 61.6 cm³/mol. The molecular formula is C12H15NO4. The molecule has 5 nitrogen and oxygen atoms in total. The Morgan fingerprint density at radius 3 is 2.65 bits per heavy atom. The van der Waals surface area contributed by atoms with E-state index >= 15 is 0 Å². The first-order chi connectivity index (χ1) is 8.04. The van der Waals surface area contributed by atoms with Crippen molar-refractivity contribution >= 4 is 5.97 Å². The van der Waals surface area contributed by atoms with Gasteiger partial charge in [-0.15, -0.1) is 0 Å². The number of aromatic carboxylic acids is 1. The third kappa shape index (κ3) is 1.81. The van der Waals surface area contributed by atoms with Crippen molar-refractivity contribution in [1.29, 1.82) is 0 Å². The van der Waals surface area contributed by atoms with Crippen LogP contribution in [0.15, 0.2) is 4.79 Å². The van der Waals surface area contributed by atoms with E-state index < -0.39 is 5.97 Å². The van der Waals surface area contributed by atoms with Crippen LogP contribution >= 0.6 is 0 Å². The van der Waals surface area contributed by atoms with E-state index in [2.05, 4.69) is 0 Å². The number of aromatic hydroxyl groups is 1. The maximum Gasteiger partial charge on any atom is 0.341 e. The molecule has 1 aliphatic heterocycles. The third-order valence-corrected chi connectivity index (χ3v) is 3.28. The first kappa shape index (κ1) is 11.7. The van der Waals surface area contributed by atoms with E-state index in [0.29, 0.717) is 18.7 Å². The van der Waals surface area contributed by atoms with Crippen molar-refractivity contribution in [3.8, 4) is 5.75 Å². The van der Waals surface area contributed by atoms with Crippen LogP contribution in [0, 0.1) is 6.92 Å². The van der Waals surface area contributed by atoms with Gasteiger partial charge in [0.15, 0.2) is 0 Å². The van der Waals surface area contributed by atoms with Gasteiger partial charge in [0.25, 0.3) is 5.56 Å². The number of fused-ring (bicyclic) bond motifs is 1. The van der Waals surface area contributed by atoms with Crippen molar-refractivity contribution in [3.05, 3.63) is 27.2 Å². The topological polar surface area (TPSA) is 79.5 Å². The average Bonchev–Trinajstić information content (AvgIpc) is 2.51. The summed E-state index contributed by atoms with van der Waals surface area (Å²) in [6.45, 7) is 2.00. The van der Waals surface area contributed by atoms with Crippen LogP contribution in [0.5, 0.6) is 5.75 Å². The molecule has 0 saturated heterocycles. The lowest BCUT2D eigenvalue weighted by Gasteiger charge is -2.15. The van der Waals surface area contributed by atoms with Gasteiger partial charge in [-0.25, -0.2) is 4.79 Å². The van der Waals surface area contributed by atoms with Crippen molar-refractivity contribution in [2.45, 2.75) is 39.2 Å². The zero-order chi connectivity index (χ0) is 12.6. The maximum atomic E-state index is 12.0. The summed E-state index contributed by atoms with van der Waals surface area (Å²) in [5, 5.41) is 19.0. The van der Waals surface area contributed by atoms with Crippen molar-refractivity contribution < 1.29 is 15.0 Å². The lowest BCUT2D eigenvalue weighted by atomic mass is 10.0. The Hall–Kier alpha value is -1.78. The molecule has 2 rings (SSSR count). The molecule has 2 heterocycles. The molecule has 0 spiro atoms. The van der Waals surface area contributed by atoms with Gasteiger partial charge in [0.05, 0.1) is 5.56 Å². The molecule has 5 heteroatoms. The normalized spacial score (nSPS) is 15.1. The van der Waals surface area contributed by atoms with Gasteiger partial charge in [-0.1, -0.05) is 6.42 Å². The van der Waals surface area contributed by atoms with Gasteiger partial charge in [0, 0.05) is 12.2 Å². The summed E-state index contributed by atoms with van der Waals surface area (Å²) in [4.78, 5) is 23.2. The quantitative estimate of drug-likeness (QED) is 0.771. The number of hydrogen-bond donors (Lipinski definition) is 2. The van der Waals surface area contributed by atoms with E-state index in [9.17, 15) is 14.7 Å². The smallest absolute Gasteiger partial charge is 0.341 e. The van der Waals surface area contributed by atoms with Crippen molar-refractivity contribution in [3.63, 3.8) is 0 Å². The van der Waals surface area contributed by atoms with E-state index in [1.165, 1.54) is 11.5 Å². The van der Waals surface area contributed by atoms with Crippen molar-refractivity contribution in [2.24, 2.45) is 0 Å². The van der Waals surface area contributed by atoms with Gasteiger partial charge in [0.1, 0.15) is 11.3 Å². The first-order valence-electron chi connectivity index (χ1n) is 5.72. The number of aromatic nitrogens is 1. The molecule has 0 amide bonds. The summed E-state index contributed by atoms with van der Waals surface area (Å²) in [6.07, 6.45) is 3.23. The number of carboxylic acids is 1. The fourth-order valence-corrected chi connectivity index (χ4v) is 2.35. The lowest BCUT2D eigenvalue weighted by molar-refractivity contribution is 0.0691. The Balaban J connectivity index is 2.80. The molecule has 0 unspecified atom stereocenters. The molecule has 0 aliphatic carbocycles. The average molecular weight is 237 g/mol. The Kier molecular flexibility index (Phi) is 2.92. The molecule has 0 atom stereocenters. The lowest BCUT2D eigenvalue weighted by Crippen LogP contribution is -2.27. The number of nitrogens with zero attached hydrogens (tertiary/aromatic N) is 1. The van der Waals surface area contributed by atoms with Gasteiger partial charge >= 0.3 is 5.97 Å². The highest BCUT2D eigenvalue weighted by atomic mass is 16.4. The monoisotopic (exact) mass is 237 g/mol.